The Balaban J connectivity index is 1.58. The fourth-order valence-corrected chi connectivity index (χ4v) is 3.60. The molecule has 0 saturated carbocycles. The number of rotatable bonds is 3. The van der Waals surface area contributed by atoms with Crippen molar-refractivity contribution >= 4 is 5.91 Å². The van der Waals surface area contributed by atoms with Gasteiger partial charge in [0.2, 0.25) is 0 Å². The van der Waals surface area contributed by atoms with Gasteiger partial charge in [0, 0.05) is 0 Å². The summed E-state index contributed by atoms with van der Waals surface area (Å²) in [4.78, 5) is 12.8. The molecule has 0 bridgehead atoms. The summed E-state index contributed by atoms with van der Waals surface area (Å²) in [5.74, 6) is -0.0543. The molecule has 1 aliphatic rings. The van der Waals surface area contributed by atoms with Crippen LogP contribution in [0.15, 0.2) is 60.8 Å². The molecule has 1 aliphatic carbocycles. The van der Waals surface area contributed by atoms with Crippen LogP contribution in [0, 0.1) is 6.92 Å². The van der Waals surface area contributed by atoms with E-state index in [0.29, 0.717) is 5.56 Å². The van der Waals surface area contributed by atoms with Gasteiger partial charge in [0.05, 0.1) is 29.2 Å². The monoisotopic (exact) mass is 331 g/mol. The maximum atomic E-state index is 12.8. The van der Waals surface area contributed by atoms with Gasteiger partial charge in [-0.15, -0.1) is 0 Å². The van der Waals surface area contributed by atoms with Crippen molar-refractivity contribution in [1.29, 1.82) is 0 Å². The van der Waals surface area contributed by atoms with E-state index in [0.717, 1.165) is 30.6 Å². The van der Waals surface area contributed by atoms with Crippen LogP contribution in [0.5, 0.6) is 0 Å². The van der Waals surface area contributed by atoms with Crippen molar-refractivity contribution < 1.29 is 4.79 Å². The number of nitrogens with one attached hydrogen (secondary N) is 1. The van der Waals surface area contributed by atoms with Crippen LogP contribution >= 0.6 is 0 Å². The first-order valence-corrected chi connectivity index (χ1v) is 8.73. The van der Waals surface area contributed by atoms with Gasteiger partial charge in [-0.2, -0.15) is 5.10 Å². The topological polar surface area (TPSA) is 46.9 Å². The predicted octanol–water partition coefficient (Wildman–Crippen LogP) is 3.99. The Hall–Kier alpha value is -2.88. The van der Waals surface area contributed by atoms with Crippen LogP contribution in [0.25, 0.3) is 5.69 Å². The summed E-state index contributed by atoms with van der Waals surface area (Å²) in [5, 5.41) is 7.60. The lowest BCUT2D eigenvalue weighted by atomic mass is 9.87. The third-order valence-corrected chi connectivity index (χ3v) is 4.93. The molecule has 3 aromatic rings. The van der Waals surface area contributed by atoms with E-state index >= 15 is 0 Å². The lowest BCUT2D eigenvalue weighted by Gasteiger charge is -2.26. The van der Waals surface area contributed by atoms with Gasteiger partial charge in [0.15, 0.2) is 0 Å². The Kier molecular flexibility index (Phi) is 4.10. The number of benzene rings is 2. The number of nitrogens with zero attached hydrogens (tertiary/aromatic N) is 2. The van der Waals surface area contributed by atoms with Crippen LogP contribution in [0.3, 0.4) is 0 Å². The van der Waals surface area contributed by atoms with Gasteiger partial charge >= 0.3 is 0 Å². The van der Waals surface area contributed by atoms with Crippen LogP contribution in [-0.2, 0) is 6.42 Å². The minimum Gasteiger partial charge on any atom is -0.345 e. The number of amides is 1. The molecule has 4 nitrogen and oxygen atoms in total. The average molecular weight is 331 g/mol. The predicted molar refractivity (Wildman–Crippen MR) is 97.9 cm³/mol. The summed E-state index contributed by atoms with van der Waals surface area (Å²) in [6, 6.07) is 18.3. The van der Waals surface area contributed by atoms with Crippen molar-refractivity contribution in [3.63, 3.8) is 0 Å². The fourth-order valence-electron chi connectivity index (χ4n) is 3.60. The smallest absolute Gasteiger partial charge is 0.255 e. The number of para-hydroxylation sites is 1. The summed E-state index contributed by atoms with van der Waals surface area (Å²) in [6.45, 7) is 1.93. The molecule has 1 aromatic heterocycles. The van der Waals surface area contributed by atoms with Crippen molar-refractivity contribution in [3.05, 3.63) is 83.2 Å². The van der Waals surface area contributed by atoms with Gasteiger partial charge < -0.3 is 5.32 Å². The molecule has 1 atom stereocenters. The first-order chi connectivity index (χ1) is 12.2. The normalized spacial score (nSPS) is 16.3. The van der Waals surface area contributed by atoms with Crippen molar-refractivity contribution in [2.45, 2.75) is 32.2 Å². The van der Waals surface area contributed by atoms with E-state index in [-0.39, 0.29) is 11.9 Å². The van der Waals surface area contributed by atoms with Gasteiger partial charge in [0.25, 0.3) is 5.91 Å². The van der Waals surface area contributed by atoms with Crippen LogP contribution in [0.1, 0.15) is 46.1 Å². The number of fused-ring (bicyclic) bond motifs is 1. The fraction of sp³-hybridized carbons (Fsp3) is 0.238. The standard InChI is InChI=1S/C21H21N3O/c1-15-19(14-22-24(15)17-10-3-2-4-11-17)21(25)23-20-13-7-9-16-8-5-6-12-18(16)20/h2-6,8,10-12,14,20H,7,9,13H2,1H3,(H,23,25)/t20-/m1/s1. The van der Waals surface area contributed by atoms with Crippen LogP contribution in [0.4, 0.5) is 0 Å². The molecule has 0 fully saturated rings. The van der Waals surface area contributed by atoms with Gasteiger partial charge in [0.1, 0.15) is 0 Å². The molecule has 0 spiro atoms. The number of hydrogen-bond donors (Lipinski definition) is 1. The third kappa shape index (κ3) is 2.95. The summed E-state index contributed by atoms with van der Waals surface area (Å²) < 4.78 is 1.81. The molecule has 1 heterocycles. The molecular weight excluding hydrogens is 310 g/mol. The zero-order valence-corrected chi connectivity index (χ0v) is 14.3. The highest BCUT2D eigenvalue weighted by Crippen LogP contribution is 2.29. The van der Waals surface area contributed by atoms with Gasteiger partial charge in [-0.1, -0.05) is 42.5 Å². The molecule has 0 aliphatic heterocycles. The minimum atomic E-state index is -0.0543. The van der Waals surface area contributed by atoms with Crippen molar-refractivity contribution in [2.75, 3.05) is 0 Å². The Morgan fingerprint density at radius 1 is 1.12 bits per heavy atom. The van der Waals surface area contributed by atoms with E-state index in [9.17, 15) is 4.79 Å². The Bertz CT molecular complexity index is 899. The molecular formula is C21H21N3O. The van der Waals surface area contributed by atoms with E-state index < -0.39 is 0 Å². The van der Waals surface area contributed by atoms with E-state index in [1.165, 1.54) is 11.1 Å². The lowest BCUT2D eigenvalue weighted by Crippen LogP contribution is -2.31. The molecule has 0 radical (unpaired) electrons. The number of carbonyl (C=O) groups excluding carboxylic acids is 1. The molecule has 126 valence electrons. The lowest BCUT2D eigenvalue weighted by molar-refractivity contribution is 0.0932. The summed E-state index contributed by atoms with van der Waals surface area (Å²) in [7, 11) is 0. The van der Waals surface area contributed by atoms with E-state index in [4.69, 9.17) is 0 Å². The summed E-state index contributed by atoms with van der Waals surface area (Å²) in [6.07, 6.45) is 4.83. The molecule has 1 amide bonds. The second kappa shape index (κ2) is 6.55. The van der Waals surface area contributed by atoms with Gasteiger partial charge in [-0.3, -0.25) is 4.79 Å². The number of hydrogen-bond acceptors (Lipinski definition) is 2. The Morgan fingerprint density at radius 2 is 1.88 bits per heavy atom. The second-order valence-electron chi connectivity index (χ2n) is 6.51. The van der Waals surface area contributed by atoms with Gasteiger partial charge in [-0.05, 0) is 49.4 Å². The maximum absolute atomic E-state index is 12.8. The third-order valence-electron chi connectivity index (χ3n) is 4.93. The number of aromatic nitrogens is 2. The highest BCUT2D eigenvalue weighted by molar-refractivity contribution is 5.95. The molecule has 0 saturated heterocycles. The van der Waals surface area contributed by atoms with E-state index in [1.54, 1.807) is 6.20 Å². The van der Waals surface area contributed by atoms with Gasteiger partial charge in [-0.25, -0.2) is 4.68 Å². The van der Waals surface area contributed by atoms with E-state index in [1.807, 2.05) is 48.0 Å². The van der Waals surface area contributed by atoms with Crippen LogP contribution < -0.4 is 5.32 Å². The average Bonchev–Trinajstić information content (AvgIpc) is 3.04. The van der Waals surface area contributed by atoms with Crippen molar-refractivity contribution in [2.24, 2.45) is 0 Å². The molecule has 25 heavy (non-hydrogen) atoms. The summed E-state index contributed by atoms with van der Waals surface area (Å²) in [5.41, 5.74) is 5.03. The molecule has 4 heteroatoms. The summed E-state index contributed by atoms with van der Waals surface area (Å²) >= 11 is 0. The highest BCUT2D eigenvalue weighted by atomic mass is 16.1. The van der Waals surface area contributed by atoms with E-state index in [2.05, 4.69) is 28.6 Å². The minimum absolute atomic E-state index is 0.0543. The maximum Gasteiger partial charge on any atom is 0.255 e. The zero-order valence-electron chi connectivity index (χ0n) is 14.3. The number of aryl methyl sites for hydroxylation is 1. The molecule has 2 aromatic carbocycles. The highest BCUT2D eigenvalue weighted by Gasteiger charge is 2.23. The quantitative estimate of drug-likeness (QED) is 0.789. The second-order valence-corrected chi connectivity index (χ2v) is 6.51. The number of carbonyl (C=O) groups is 1. The molecule has 1 N–H and O–H groups in total. The SMILES string of the molecule is Cc1c(C(=O)N[C@@H]2CCCc3ccccc32)cnn1-c1ccccc1. The Labute approximate surface area is 147 Å². The van der Waals surface area contributed by atoms with Crippen molar-refractivity contribution in [1.82, 2.24) is 15.1 Å². The first kappa shape index (κ1) is 15.6. The Morgan fingerprint density at radius 3 is 2.72 bits per heavy atom. The first-order valence-electron chi connectivity index (χ1n) is 8.73. The largest absolute Gasteiger partial charge is 0.345 e. The molecule has 4 rings (SSSR count). The van der Waals surface area contributed by atoms with Crippen LogP contribution in [-0.4, -0.2) is 15.7 Å². The van der Waals surface area contributed by atoms with Crippen LogP contribution in [0.2, 0.25) is 0 Å². The zero-order chi connectivity index (χ0) is 17.2. The molecule has 0 unspecified atom stereocenters. The van der Waals surface area contributed by atoms with Crippen molar-refractivity contribution in [3.8, 4) is 5.69 Å².